The minimum absolute atomic E-state index is 0.231. The lowest BCUT2D eigenvalue weighted by molar-refractivity contribution is 0.0491. The third-order valence-corrected chi connectivity index (χ3v) is 4.39. The summed E-state index contributed by atoms with van der Waals surface area (Å²) < 4.78 is 5.33. The fourth-order valence-electron chi connectivity index (χ4n) is 3.13. The zero-order valence-corrected chi connectivity index (χ0v) is 14.4. The van der Waals surface area contributed by atoms with Crippen LogP contribution in [0.3, 0.4) is 0 Å². The maximum Gasteiger partial charge on any atom is 0.407 e. The van der Waals surface area contributed by atoms with Gasteiger partial charge in [0.05, 0.1) is 0 Å². The third kappa shape index (κ3) is 4.46. The van der Waals surface area contributed by atoms with Gasteiger partial charge in [-0.25, -0.2) is 4.79 Å². The van der Waals surface area contributed by atoms with Crippen LogP contribution in [-0.4, -0.2) is 22.7 Å². The molecule has 1 saturated carbocycles. The lowest BCUT2D eigenvalue weighted by Crippen LogP contribution is -2.40. The van der Waals surface area contributed by atoms with Crippen LogP contribution in [0.2, 0.25) is 0 Å². The molecule has 1 N–H and O–H groups in total. The molecule has 1 heterocycles. The predicted octanol–water partition coefficient (Wildman–Crippen LogP) is 4.25. The number of carbonyl (C=O) groups is 1. The van der Waals surface area contributed by atoms with Crippen molar-refractivity contribution in [2.75, 3.05) is 0 Å². The Morgan fingerprint density at radius 2 is 1.86 bits per heavy atom. The predicted molar refractivity (Wildman–Crippen MR) is 88.1 cm³/mol. The zero-order chi connectivity index (χ0) is 16.3. The number of hydrogen-bond acceptors (Lipinski definition) is 3. The van der Waals surface area contributed by atoms with Crippen LogP contribution in [0.1, 0.15) is 69.2 Å². The Bertz CT molecular complexity index is 526. The van der Waals surface area contributed by atoms with E-state index in [1.165, 1.54) is 11.1 Å². The first-order valence-corrected chi connectivity index (χ1v) is 8.18. The van der Waals surface area contributed by atoms with E-state index >= 15 is 0 Å². The van der Waals surface area contributed by atoms with Crippen molar-refractivity contribution in [1.82, 2.24) is 10.3 Å². The van der Waals surface area contributed by atoms with E-state index in [0.29, 0.717) is 5.92 Å². The maximum absolute atomic E-state index is 11.8. The number of pyridine rings is 1. The minimum atomic E-state index is -0.438. The molecule has 1 fully saturated rings. The molecule has 4 nitrogen and oxygen atoms in total. The summed E-state index contributed by atoms with van der Waals surface area (Å²) in [6.45, 7) is 9.88. The Labute approximate surface area is 133 Å². The highest BCUT2D eigenvalue weighted by atomic mass is 16.6. The number of nitrogens with zero attached hydrogens (tertiary/aromatic N) is 1. The van der Waals surface area contributed by atoms with Crippen molar-refractivity contribution >= 4 is 6.09 Å². The SMILES string of the molecule is Cc1nccc(C2CCC(NC(=O)OC(C)(C)C)CC2)c1C. The second-order valence-electron chi connectivity index (χ2n) is 7.31. The summed E-state index contributed by atoms with van der Waals surface area (Å²) in [5.74, 6) is 0.582. The van der Waals surface area contributed by atoms with Crippen LogP contribution < -0.4 is 5.32 Å². The molecule has 4 heteroatoms. The molecular formula is C18H28N2O2. The van der Waals surface area contributed by atoms with Crippen molar-refractivity contribution < 1.29 is 9.53 Å². The molecule has 0 aromatic carbocycles. The molecule has 0 bridgehead atoms. The van der Waals surface area contributed by atoms with Crippen LogP contribution in [-0.2, 0) is 4.74 Å². The van der Waals surface area contributed by atoms with Gasteiger partial charge in [-0.15, -0.1) is 0 Å². The highest BCUT2D eigenvalue weighted by molar-refractivity contribution is 5.68. The normalized spacial score (nSPS) is 22.2. The second kappa shape index (κ2) is 6.67. The molecule has 0 spiro atoms. The standard InChI is InChI=1S/C18H28N2O2/c1-12-13(2)19-11-10-16(12)14-6-8-15(9-7-14)20-17(21)22-18(3,4)5/h10-11,14-15H,6-9H2,1-5H3,(H,20,21). The van der Waals surface area contributed by atoms with E-state index in [-0.39, 0.29) is 12.1 Å². The van der Waals surface area contributed by atoms with Crippen LogP contribution in [0.5, 0.6) is 0 Å². The average Bonchev–Trinajstić information content (AvgIpc) is 2.41. The number of amides is 1. The largest absolute Gasteiger partial charge is 0.444 e. The molecule has 0 saturated heterocycles. The molecule has 0 unspecified atom stereocenters. The highest BCUT2D eigenvalue weighted by Gasteiger charge is 2.26. The monoisotopic (exact) mass is 304 g/mol. The van der Waals surface area contributed by atoms with Gasteiger partial charge in [0, 0.05) is 17.9 Å². The molecule has 0 radical (unpaired) electrons. The van der Waals surface area contributed by atoms with E-state index in [1.807, 2.05) is 27.0 Å². The number of hydrogen-bond donors (Lipinski definition) is 1. The molecule has 2 rings (SSSR count). The van der Waals surface area contributed by atoms with Gasteiger partial charge in [-0.1, -0.05) is 0 Å². The molecule has 1 aromatic heterocycles. The van der Waals surface area contributed by atoms with Crippen LogP contribution in [0.15, 0.2) is 12.3 Å². The maximum atomic E-state index is 11.8. The summed E-state index contributed by atoms with van der Waals surface area (Å²) >= 11 is 0. The number of carbonyl (C=O) groups excluding carboxylic acids is 1. The highest BCUT2D eigenvalue weighted by Crippen LogP contribution is 2.34. The Balaban J connectivity index is 1.88. The summed E-state index contributed by atoms with van der Waals surface area (Å²) in [5.41, 5.74) is 3.41. The van der Waals surface area contributed by atoms with Gasteiger partial charge < -0.3 is 10.1 Å². The average molecular weight is 304 g/mol. The second-order valence-corrected chi connectivity index (χ2v) is 7.31. The smallest absolute Gasteiger partial charge is 0.407 e. The van der Waals surface area contributed by atoms with Gasteiger partial charge in [-0.05, 0) is 83.4 Å². The molecule has 0 atom stereocenters. The first-order valence-electron chi connectivity index (χ1n) is 8.18. The van der Waals surface area contributed by atoms with E-state index < -0.39 is 5.60 Å². The topological polar surface area (TPSA) is 51.2 Å². The number of nitrogens with one attached hydrogen (secondary N) is 1. The molecule has 1 amide bonds. The number of aromatic nitrogens is 1. The Morgan fingerprint density at radius 3 is 2.45 bits per heavy atom. The van der Waals surface area contributed by atoms with E-state index in [0.717, 1.165) is 31.4 Å². The number of aryl methyl sites for hydroxylation is 1. The van der Waals surface area contributed by atoms with Gasteiger partial charge >= 0.3 is 6.09 Å². The Kier molecular flexibility index (Phi) is 5.09. The van der Waals surface area contributed by atoms with Crippen molar-refractivity contribution in [3.8, 4) is 0 Å². The van der Waals surface area contributed by atoms with Crippen LogP contribution >= 0.6 is 0 Å². The van der Waals surface area contributed by atoms with Gasteiger partial charge in [-0.3, -0.25) is 4.98 Å². The summed E-state index contributed by atoms with van der Waals surface area (Å²) in [6.07, 6.45) is 5.82. The first kappa shape index (κ1) is 16.8. The number of alkyl carbamates (subject to hydrolysis) is 1. The molecule has 122 valence electrons. The fraction of sp³-hybridized carbons (Fsp3) is 0.667. The van der Waals surface area contributed by atoms with Crippen molar-refractivity contribution in [3.05, 3.63) is 29.1 Å². The van der Waals surface area contributed by atoms with E-state index in [9.17, 15) is 4.79 Å². The van der Waals surface area contributed by atoms with Crippen LogP contribution in [0.4, 0.5) is 4.79 Å². The molecular weight excluding hydrogens is 276 g/mol. The molecule has 1 aliphatic carbocycles. The number of rotatable bonds is 2. The van der Waals surface area contributed by atoms with Gasteiger partial charge in [0.25, 0.3) is 0 Å². The molecule has 0 aliphatic heterocycles. The summed E-state index contributed by atoms with van der Waals surface area (Å²) in [4.78, 5) is 16.2. The minimum Gasteiger partial charge on any atom is -0.444 e. The van der Waals surface area contributed by atoms with E-state index in [2.05, 4.69) is 30.2 Å². The lowest BCUT2D eigenvalue weighted by Gasteiger charge is -2.31. The number of ether oxygens (including phenoxy) is 1. The van der Waals surface area contributed by atoms with Crippen molar-refractivity contribution in [2.24, 2.45) is 0 Å². The summed E-state index contributed by atoms with van der Waals surface area (Å²) in [5, 5.41) is 3.00. The fourth-order valence-corrected chi connectivity index (χ4v) is 3.13. The summed E-state index contributed by atoms with van der Waals surface area (Å²) in [7, 11) is 0. The molecule has 1 aromatic rings. The molecule has 1 aliphatic rings. The van der Waals surface area contributed by atoms with Crippen molar-refractivity contribution in [1.29, 1.82) is 0 Å². The first-order chi connectivity index (χ1) is 10.3. The van der Waals surface area contributed by atoms with Crippen LogP contribution in [0, 0.1) is 13.8 Å². The van der Waals surface area contributed by atoms with Gasteiger partial charge in [-0.2, -0.15) is 0 Å². The third-order valence-electron chi connectivity index (χ3n) is 4.39. The Morgan fingerprint density at radius 1 is 1.23 bits per heavy atom. The zero-order valence-electron chi connectivity index (χ0n) is 14.4. The van der Waals surface area contributed by atoms with Gasteiger partial charge in [0.15, 0.2) is 0 Å². The summed E-state index contributed by atoms with van der Waals surface area (Å²) in [6, 6.07) is 2.38. The van der Waals surface area contributed by atoms with Gasteiger partial charge in [0.2, 0.25) is 0 Å². The Hall–Kier alpha value is -1.58. The van der Waals surface area contributed by atoms with Gasteiger partial charge in [0.1, 0.15) is 5.60 Å². The van der Waals surface area contributed by atoms with E-state index in [4.69, 9.17) is 4.74 Å². The van der Waals surface area contributed by atoms with Crippen LogP contribution in [0.25, 0.3) is 0 Å². The lowest BCUT2D eigenvalue weighted by atomic mass is 9.80. The van der Waals surface area contributed by atoms with Crippen molar-refractivity contribution in [3.63, 3.8) is 0 Å². The van der Waals surface area contributed by atoms with E-state index in [1.54, 1.807) is 0 Å². The quantitative estimate of drug-likeness (QED) is 0.888. The molecule has 22 heavy (non-hydrogen) atoms. The van der Waals surface area contributed by atoms with Crippen molar-refractivity contribution in [2.45, 2.75) is 77.9 Å².